The lowest BCUT2D eigenvalue weighted by Gasteiger charge is -2.27. The van der Waals surface area contributed by atoms with Crippen LogP contribution in [0.1, 0.15) is 5.56 Å². The van der Waals surface area contributed by atoms with Crippen molar-refractivity contribution in [3.05, 3.63) is 42.2 Å². The molecule has 3 heteroatoms. The first kappa shape index (κ1) is 10.7. The third kappa shape index (κ3) is 2.30. The molecule has 0 amide bonds. The van der Waals surface area contributed by atoms with Gasteiger partial charge in [-0.1, -0.05) is 18.2 Å². The highest BCUT2D eigenvalue weighted by atomic mass is 15.2. The minimum absolute atomic E-state index is 1.03. The van der Waals surface area contributed by atoms with Crippen LogP contribution in [0.2, 0.25) is 0 Å². The molecule has 3 rings (SSSR count). The molecular formula is C14H17N3. The number of hydrogen-bond donors (Lipinski definition) is 1. The Morgan fingerprint density at radius 1 is 1.18 bits per heavy atom. The molecule has 0 unspecified atom stereocenters. The quantitative estimate of drug-likeness (QED) is 0.845. The maximum absolute atomic E-state index is 4.24. The van der Waals surface area contributed by atoms with Crippen LogP contribution >= 0.6 is 0 Å². The molecule has 1 N–H and O–H groups in total. The third-order valence-electron chi connectivity index (χ3n) is 3.38. The summed E-state index contributed by atoms with van der Waals surface area (Å²) < 4.78 is 0. The van der Waals surface area contributed by atoms with Gasteiger partial charge >= 0.3 is 0 Å². The van der Waals surface area contributed by atoms with Crippen LogP contribution in [-0.4, -0.2) is 36.1 Å². The first-order valence-electron chi connectivity index (χ1n) is 6.18. The van der Waals surface area contributed by atoms with Gasteiger partial charge in [0, 0.05) is 50.5 Å². The molecule has 1 saturated heterocycles. The van der Waals surface area contributed by atoms with E-state index in [1.54, 1.807) is 0 Å². The van der Waals surface area contributed by atoms with Gasteiger partial charge in [0.1, 0.15) is 0 Å². The normalized spacial score (nSPS) is 17.4. The van der Waals surface area contributed by atoms with Crippen molar-refractivity contribution < 1.29 is 0 Å². The lowest BCUT2D eigenvalue weighted by molar-refractivity contribution is 0.234. The zero-order valence-corrected chi connectivity index (χ0v) is 9.89. The molecule has 1 aromatic heterocycles. The van der Waals surface area contributed by atoms with Crippen LogP contribution in [0.4, 0.5) is 0 Å². The number of fused-ring (bicyclic) bond motifs is 1. The molecule has 0 aliphatic carbocycles. The van der Waals surface area contributed by atoms with E-state index in [0.29, 0.717) is 0 Å². The van der Waals surface area contributed by atoms with Crippen molar-refractivity contribution in [2.24, 2.45) is 0 Å². The van der Waals surface area contributed by atoms with E-state index < -0.39 is 0 Å². The zero-order chi connectivity index (χ0) is 11.5. The number of hydrogen-bond acceptors (Lipinski definition) is 3. The van der Waals surface area contributed by atoms with Gasteiger partial charge in [0.2, 0.25) is 0 Å². The lowest BCUT2D eigenvalue weighted by atomic mass is 10.1. The molecule has 0 atom stereocenters. The molecule has 0 bridgehead atoms. The number of nitrogens with one attached hydrogen (secondary N) is 1. The number of aromatic nitrogens is 1. The van der Waals surface area contributed by atoms with Crippen LogP contribution in [0.25, 0.3) is 10.8 Å². The van der Waals surface area contributed by atoms with Crippen molar-refractivity contribution in [2.75, 3.05) is 26.2 Å². The maximum atomic E-state index is 4.24. The Morgan fingerprint density at radius 3 is 2.94 bits per heavy atom. The van der Waals surface area contributed by atoms with Gasteiger partial charge in [-0.2, -0.15) is 0 Å². The van der Waals surface area contributed by atoms with Crippen molar-refractivity contribution in [3.63, 3.8) is 0 Å². The van der Waals surface area contributed by atoms with E-state index in [2.05, 4.69) is 39.5 Å². The van der Waals surface area contributed by atoms with Gasteiger partial charge in [-0.05, 0) is 17.0 Å². The van der Waals surface area contributed by atoms with Crippen LogP contribution in [-0.2, 0) is 6.54 Å². The average molecular weight is 227 g/mol. The summed E-state index contributed by atoms with van der Waals surface area (Å²) in [6, 6.07) is 8.58. The molecular weight excluding hydrogens is 210 g/mol. The molecule has 0 spiro atoms. The molecule has 2 heterocycles. The van der Waals surface area contributed by atoms with Crippen molar-refractivity contribution in [1.29, 1.82) is 0 Å². The highest BCUT2D eigenvalue weighted by molar-refractivity contribution is 5.84. The number of piperazine rings is 1. The van der Waals surface area contributed by atoms with Crippen molar-refractivity contribution in [3.8, 4) is 0 Å². The predicted octanol–water partition coefficient (Wildman–Crippen LogP) is 1.64. The van der Waals surface area contributed by atoms with Gasteiger partial charge in [-0.15, -0.1) is 0 Å². The Bertz CT molecular complexity index is 498. The van der Waals surface area contributed by atoms with Crippen LogP contribution < -0.4 is 5.32 Å². The van der Waals surface area contributed by atoms with Crippen molar-refractivity contribution in [2.45, 2.75) is 6.54 Å². The largest absolute Gasteiger partial charge is 0.314 e. The smallest absolute Gasteiger partial charge is 0.0349 e. The van der Waals surface area contributed by atoms with Crippen LogP contribution in [0.5, 0.6) is 0 Å². The van der Waals surface area contributed by atoms with Gasteiger partial charge < -0.3 is 5.32 Å². The van der Waals surface area contributed by atoms with Gasteiger partial charge in [-0.25, -0.2) is 0 Å². The highest BCUT2D eigenvalue weighted by Gasteiger charge is 2.11. The summed E-state index contributed by atoms with van der Waals surface area (Å²) in [4.78, 5) is 6.73. The van der Waals surface area contributed by atoms with E-state index in [1.807, 2.05) is 12.4 Å². The second-order valence-corrected chi connectivity index (χ2v) is 4.54. The minimum Gasteiger partial charge on any atom is -0.314 e. The van der Waals surface area contributed by atoms with E-state index in [9.17, 15) is 0 Å². The Balaban J connectivity index is 1.89. The molecule has 1 aromatic carbocycles. The van der Waals surface area contributed by atoms with Gasteiger partial charge in [0.25, 0.3) is 0 Å². The first-order chi connectivity index (χ1) is 8.43. The summed E-state index contributed by atoms with van der Waals surface area (Å²) >= 11 is 0. The number of benzene rings is 1. The monoisotopic (exact) mass is 227 g/mol. The Kier molecular flexibility index (Phi) is 3.03. The molecule has 1 aliphatic heterocycles. The first-order valence-corrected chi connectivity index (χ1v) is 6.18. The van der Waals surface area contributed by atoms with E-state index in [0.717, 1.165) is 32.7 Å². The number of rotatable bonds is 2. The molecule has 3 nitrogen and oxygen atoms in total. The molecule has 1 aliphatic rings. The Labute approximate surface area is 101 Å². The zero-order valence-electron chi connectivity index (χ0n) is 9.89. The van der Waals surface area contributed by atoms with E-state index in [1.165, 1.54) is 16.3 Å². The topological polar surface area (TPSA) is 28.2 Å². The van der Waals surface area contributed by atoms with Gasteiger partial charge in [-0.3, -0.25) is 9.88 Å². The molecule has 17 heavy (non-hydrogen) atoms. The maximum Gasteiger partial charge on any atom is 0.0349 e. The molecule has 0 saturated carbocycles. The molecule has 1 fully saturated rings. The van der Waals surface area contributed by atoms with E-state index >= 15 is 0 Å². The van der Waals surface area contributed by atoms with E-state index in [4.69, 9.17) is 0 Å². The van der Waals surface area contributed by atoms with Crippen LogP contribution in [0.15, 0.2) is 36.7 Å². The number of pyridine rings is 1. The number of nitrogens with zero attached hydrogens (tertiary/aromatic N) is 2. The summed E-state index contributed by atoms with van der Waals surface area (Å²) in [5, 5.41) is 5.95. The molecule has 88 valence electrons. The van der Waals surface area contributed by atoms with Crippen molar-refractivity contribution >= 4 is 10.8 Å². The second kappa shape index (κ2) is 4.82. The second-order valence-electron chi connectivity index (χ2n) is 4.54. The van der Waals surface area contributed by atoms with Crippen LogP contribution in [0, 0.1) is 0 Å². The average Bonchev–Trinajstić information content (AvgIpc) is 2.40. The Hall–Kier alpha value is -1.45. The van der Waals surface area contributed by atoms with E-state index in [-0.39, 0.29) is 0 Å². The van der Waals surface area contributed by atoms with Crippen molar-refractivity contribution in [1.82, 2.24) is 15.2 Å². The minimum atomic E-state index is 1.03. The molecule has 2 aromatic rings. The standard InChI is InChI=1S/C14H17N3/c1-2-12-4-5-16-10-14(12)13(3-1)11-17-8-6-15-7-9-17/h1-5,10,15H,6-9,11H2. The lowest BCUT2D eigenvalue weighted by Crippen LogP contribution is -2.42. The Morgan fingerprint density at radius 2 is 2.06 bits per heavy atom. The van der Waals surface area contributed by atoms with Gasteiger partial charge in [0.05, 0.1) is 0 Å². The summed E-state index contributed by atoms with van der Waals surface area (Å²) in [7, 11) is 0. The SMILES string of the molecule is c1cc(CN2CCNCC2)c2cnccc2c1. The third-order valence-corrected chi connectivity index (χ3v) is 3.38. The van der Waals surface area contributed by atoms with Gasteiger partial charge in [0.15, 0.2) is 0 Å². The highest BCUT2D eigenvalue weighted by Crippen LogP contribution is 2.18. The summed E-state index contributed by atoms with van der Waals surface area (Å²) in [5.74, 6) is 0. The summed E-state index contributed by atoms with van der Waals surface area (Å²) in [6.45, 7) is 5.50. The fourth-order valence-corrected chi connectivity index (χ4v) is 2.42. The molecule has 0 radical (unpaired) electrons. The fraction of sp³-hybridized carbons (Fsp3) is 0.357. The summed E-state index contributed by atoms with van der Waals surface area (Å²) in [6.07, 6.45) is 3.84. The predicted molar refractivity (Wildman–Crippen MR) is 69.9 cm³/mol. The summed E-state index contributed by atoms with van der Waals surface area (Å²) in [5.41, 5.74) is 1.39. The fourth-order valence-electron chi connectivity index (χ4n) is 2.42. The van der Waals surface area contributed by atoms with Crippen LogP contribution in [0.3, 0.4) is 0 Å².